The van der Waals surface area contributed by atoms with Crippen molar-refractivity contribution in [2.45, 2.75) is 0 Å². The summed E-state index contributed by atoms with van der Waals surface area (Å²) in [6, 6.07) is 48.9. The van der Waals surface area contributed by atoms with E-state index in [1.54, 1.807) is 0 Å². The summed E-state index contributed by atoms with van der Waals surface area (Å²) in [5.41, 5.74) is 11.6. The standard InChI is InChI=1S/C38H24N2O/c1-2-9-25(10-3-1)33-23-35(40-34-15-7-6-13-30(33)34)27-17-19-28(20-18-27)37-29-12-5-4-11-26(29)21-22-31(37)32-14-8-16-36-38(32)39-24-41-36/h1-24H. The van der Waals surface area contributed by atoms with Gasteiger partial charge in [0, 0.05) is 16.5 Å². The maximum Gasteiger partial charge on any atom is 0.182 e. The molecule has 8 aromatic rings. The fraction of sp³-hybridized carbons (Fsp3) is 0. The zero-order valence-electron chi connectivity index (χ0n) is 22.2. The molecule has 3 nitrogen and oxygen atoms in total. The molecule has 0 aliphatic rings. The molecular formula is C38H24N2O. The molecule has 6 aromatic carbocycles. The molecule has 0 saturated heterocycles. The van der Waals surface area contributed by atoms with E-state index in [1.807, 2.05) is 12.1 Å². The number of rotatable bonds is 4. The Morgan fingerprint density at radius 3 is 2.12 bits per heavy atom. The van der Waals surface area contributed by atoms with Crippen LogP contribution in [0, 0.1) is 0 Å². The second-order valence-electron chi connectivity index (χ2n) is 10.2. The molecule has 0 N–H and O–H groups in total. The van der Waals surface area contributed by atoms with Crippen LogP contribution in [-0.2, 0) is 0 Å². The Balaban J connectivity index is 1.30. The van der Waals surface area contributed by atoms with Crippen LogP contribution in [0.1, 0.15) is 0 Å². The van der Waals surface area contributed by atoms with Crippen LogP contribution in [0.15, 0.2) is 150 Å². The lowest BCUT2D eigenvalue weighted by molar-refractivity contribution is 0.602. The molecule has 2 aromatic heterocycles. The Hall–Kier alpha value is -5.54. The van der Waals surface area contributed by atoms with Crippen LogP contribution >= 0.6 is 0 Å². The minimum absolute atomic E-state index is 0.786. The van der Waals surface area contributed by atoms with Crippen molar-refractivity contribution < 1.29 is 4.42 Å². The number of benzene rings is 6. The van der Waals surface area contributed by atoms with Gasteiger partial charge in [-0.1, -0.05) is 121 Å². The molecule has 0 amide bonds. The molecule has 8 rings (SSSR count). The fourth-order valence-corrected chi connectivity index (χ4v) is 5.90. The number of aromatic nitrogens is 2. The average molecular weight is 525 g/mol. The van der Waals surface area contributed by atoms with E-state index in [9.17, 15) is 0 Å². The highest BCUT2D eigenvalue weighted by Crippen LogP contribution is 2.41. The van der Waals surface area contributed by atoms with E-state index in [0.29, 0.717) is 0 Å². The number of pyridine rings is 1. The minimum atomic E-state index is 0.786. The lowest BCUT2D eigenvalue weighted by Gasteiger charge is -2.15. The number of fused-ring (bicyclic) bond motifs is 3. The molecule has 0 atom stereocenters. The first-order chi connectivity index (χ1) is 20.3. The van der Waals surface area contributed by atoms with Crippen molar-refractivity contribution in [2.24, 2.45) is 0 Å². The van der Waals surface area contributed by atoms with Crippen molar-refractivity contribution in [3.63, 3.8) is 0 Å². The van der Waals surface area contributed by atoms with Gasteiger partial charge in [0.2, 0.25) is 0 Å². The Bertz CT molecular complexity index is 2200. The van der Waals surface area contributed by atoms with Crippen LogP contribution < -0.4 is 0 Å². The van der Waals surface area contributed by atoms with Gasteiger partial charge in [-0.05, 0) is 56.8 Å². The smallest absolute Gasteiger partial charge is 0.182 e. The van der Waals surface area contributed by atoms with E-state index < -0.39 is 0 Å². The largest absolute Gasteiger partial charge is 0.443 e. The molecule has 192 valence electrons. The number of para-hydroxylation sites is 2. The maximum absolute atomic E-state index is 5.63. The van der Waals surface area contributed by atoms with Gasteiger partial charge in [0.05, 0.1) is 11.2 Å². The molecule has 0 unspecified atom stereocenters. The molecule has 0 radical (unpaired) electrons. The van der Waals surface area contributed by atoms with Crippen molar-refractivity contribution in [2.75, 3.05) is 0 Å². The third-order valence-electron chi connectivity index (χ3n) is 7.85. The zero-order valence-corrected chi connectivity index (χ0v) is 22.2. The van der Waals surface area contributed by atoms with Crippen LogP contribution in [0.4, 0.5) is 0 Å². The normalized spacial score (nSPS) is 11.4. The van der Waals surface area contributed by atoms with Gasteiger partial charge < -0.3 is 4.42 Å². The van der Waals surface area contributed by atoms with E-state index >= 15 is 0 Å². The SMILES string of the molecule is c1ccc(-c2cc(-c3ccc(-c4c(-c5cccc6ocnc56)ccc5ccccc45)cc3)nc3ccccc23)cc1. The van der Waals surface area contributed by atoms with Gasteiger partial charge in [-0.3, -0.25) is 0 Å². The summed E-state index contributed by atoms with van der Waals surface area (Å²) in [6.07, 6.45) is 1.52. The van der Waals surface area contributed by atoms with E-state index in [0.717, 1.165) is 50.0 Å². The van der Waals surface area contributed by atoms with Crippen molar-refractivity contribution in [1.82, 2.24) is 9.97 Å². The van der Waals surface area contributed by atoms with Crippen molar-refractivity contribution in [3.8, 4) is 44.6 Å². The monoisotopic (exact) mass is 524 g/mol. The van der Waals surface area contributed by atoms with Crippen molar-refractivity contribution in [3.05, 3.63) is 146 Å². The van der Waals surface area contributed by atoms with E-state index in [-0.39, 0.29) is 0 Å². The summed E-state index contributed by atoms with van der Waals surface area (Å²) in [4.78, 5) is 9.61. The molecule has 0 aliphatic heterocycles. The summed E-state index contributed by atoms with van der Waals surface area (Å²) >= 11 is 0. The van der Waals surface area contributed by atoms with Crippen LogP contribution in [0.25, 0.3) is 77.4 Å². The Kier molecular flexibility index (Phi) is 5.46. The van der Waals surface area contributed by atoms with E-state index in [2.05, 4.69) is 132 Å². The summed E-state index contributed by atoms with van der Waals surface area (Å²) in [7, 11) is 0. The predicted molar refractivity (Wildman–Crippen MR) is 169 cm³/mol. The minimum Gasteiger partial charge on any atom is -0.443 e. The highest BCUT2D eigenvalue weighted by atomic mass is 16.3. The Labute approximate surface area is 237 Å². The van der Waals surface area contributed by atoms with Gasteiger partial charge in [0.25, 0.3) is 0 Å². The highest BCUT2D eigenvalue weighted by Gasteiger charge is 2.16. The number of nitrogens with zero attached hydrogens (tertiary/aromatic N) is 2. The maximum atomic E-state index is 5.63. The van der Waals surface area contributed by atoms with Gasteiger partial charge in [0.15, 0.2) is 12.0 Å². The molecule has 0 aliphatic carbocycles. The summed E-state index contributed by atoms with van der Waals surface area (Å²) in [5.74, 6) is 0. The van der Waals surface area contributed by atoms with Crippen LogP contribution in [0.5, 0.6) is 0 Å². The van der Waals surface area contributed by atoms with Gasteiger partial charge in [-0.2, -0.15) is 0 Å². The second kappa shape index (κ2) is 9.58. The third-order valence-corrected chi connectivity index (χ3v) is 7.85. The molecule has 2 heterocycles. The first-order valence-corrected chi connectivity index (χ1v) is 13.7. The first kappa shape index (κ1) is 23.4. The Morgan fingerprint density at radius 2 is 1.24 bits per heavy atom. The highest BCUT2D eigenvalue weighted by molar-refractivity contribution is 6.07. The molecule has 0 spiro atoms. The lowest BCUT2D eigenvalue weighted by Crippen LogP contribution is -1.91. The van der Waals surface area contributed by atoms with Gasteiger partial charge >= 0.3 is 0 Å². The van der Waals surface area contributed by atoms with Crippen LogP contribution in [0.3, 0.4) is 0 Å². The molecule has 0 fully saturated rings. The topological polar surface area (TPSA) is 38.9 Å². The predicted octanol–water partition coefficient (Wildman–Crippen LogP) is 10.2. The molecule has 0 bridgehead atoms. The molecular weight excluding hydrogens is 500 g/mol. The quantitative estimate of drug-likeness (QED) is 0.230. The average Bonchev–Trinajstić information content (AvgIpc) is 3.54. The van der Waals surface area contributed by atoms with E-state index in [1.165, 1.54) is 33.9 Å². The first-order valence-electron chi connectivity index (χ1n) is 13.7. The summed E-state index contributed by atoms with van der Waals surface area (Å²) in [5, 5.41) is 3.56. The van der Waals surface area contributed by atoms with Crippen molar-refractivity contribution in [1.29, 1.82) is 0 Å². The zero-order chi connectivity index (χ0) is 27.2. The van der Waals surface area contributed by atoms with Gasteiger partial charge in [-0.15, -0.1) is 0 Å². The molecule has 3 heteroatoms. The fourth-order valence-electron chi connectivity index (χ4n) is 5.90. The van der Waals surface area contributed by atoms with Crippen LogP contribution in [-0.4, -0.2) is 9.97 Å². The van der Waals surface area contributed by atoms with Gasteiger partial charge in [0.1, 0.15) is 5.52 Å². The number of hydrogen-bond acceptors (Lipinski definition) is 3. The molecule has 0 saturated carbocycles. The molecule has 41 heavy (non-hydrogen) atoms. The van der Waals surface area contributed by atoms with Crippen LogP contribution in [0.2, 0.25) is 0 Å². The van der Waals surface area contributed by atoms with E-state index in [4.69, 9.17) is 9.40 Å². The summed E-state index contributed by atoms with van der Waals surface area (Å²) < 4.78 is 5.63. The summed E-state index contributed by atoms with van der Waals surface area (Å²) in [6.45, 7) is 0. The number of hydrogen-bond donors (Lipinski definition) is 0. The number of oxazole rings is 1. The lowest BCUT2D eigenvalue weighted by atomic mass is 9.89. The van der Waals surface area contributed by atoms with Gasteiger partial charge in [-0.25, -0.2) is 9.97 Å². The van der Waals surface area contributed by atoms with Crippen molar-refractivity contribution >= 4 is 32.8 Å². The Morgan fingerprint density at radius 1 is 0.488 bits per heavy atom. The second-order valence-corrected chi connectivity index (χ2v) is 10.2. The third kappa shape index (κ3) is 3.98.